The molecule has 5 heteroatoms. The quantitative estimate of drug-likeness (QED) is 0.912. The van der Waals surface area contributed by atoms with Crippen LogP contribution in [0.2, 0.25) is 0 Å². The van der Waals surface area contributed by atoms with E-state index >= 15 is 0 Å². The number of aliphatic hydroxyl groups excluding tert-OH is 1. The Morgan fingerprint density at radius 3 is 2.52 bits per heavy atom. The van der Waals surface area contributed by atoms with Crippen LogP contribution >= 0.6 is 0 Å². The van der Waals surface area contributed by atoms with E-state index in [9.17, 15) is 9.90 Å². The summed E-state index contributed by atoms with van der Waals surface area (Å²) in [4.78, 5) is 10.9. The summed E-state index contributed by atoms with van der Waals surface area (Å²) in [6.07, 6.45) is 6.29. The van der Waals surface area contributed by atoms with E-state index in [1.165, 1.54) is 5.56 Å². The van der Waals surface area contributed by atoms with E-state index in [1.807, 2.05) is 4.68 Å². The van der Waals surface area contributed by atoms with E-state index in [4.69, 9.17) is 10.2 Å². The SMILES string of the molecule is O=C(O)c1ccc(-n2cc3c(n2)CC[C@H]2[C@@H](CO)[C@H]2CC3)cc1. The molecule has 0 radical (unpaired) electrons. The molecule has 2 aliphatic rings. The van der Waals surface area contributed by atoms with Crippen molar-refractivity contribution in [1.82, 2.24) is 9.78 Å². The predicted octanol–water partition coefficient (Wildman–Crippen LogP) is 2.30. The molecule has 2 aliphatic carbocycles. The van der Waals surface area contributed by atoms with Gasteiger partial charge in [-0.25, -0.2) is 9.48 Å². The molecule has 1 saturated carbocycles. The maximum atomic E-state index is 10.9. The fourth-order valence-corrected chi connectivity index (χ4v) is 4.03. The number of carbonyl (C=O) groups is 1. The van der Waals surface area contributed by atoms with Gasteiger partial charge in [-0.05, 0) is 73.3 Å². The van der Waals surface area contributed by atoms with E-state index in [1.54, 1.807) is 24.3 Å². The standard InChI is InChI=1S/C18H20N2O3/c21-10-16-14-6-3-12-9-20(19-17(12)8-7-15(14)16)13-4-1-11(2-5-13)18(22)23/h1-2,4-5,9,14-16,21H,3,6-8,10H2,(H,22,23)/t14-,15+,16-/m0/s1. The minimum atomic E-state index is -0.915. The molecule has 0 unspecified atom stereocenters. The Balaban J connectivity index is 1.56. The van der Waals surface area contributed by atoms with Crippen molar-refractivity contribution in [3.8, 4) is 5.69 Å². The summed E-state index contributed by atoms with van der Waals surface area (Å²) in [5, 5.41) is 23.1. The van der Waals surface area contributed by atoms with Crippen molar-refractivity contribution in [1.29, 1.82) is 0 Å². The molecule has 0 spiro atoms. The highest BCUT2D eigenvalue weighted by atomic mass is 16.4. The minimum Gasteiger partial charge on any atom is -0.478 e. The molecule has 1 heterocycles. The van der Waals surface area contributed by atoms with Crippen molar-refractivity contribution in [2.24, 2.45) is 17.8 Å². The molecule has 0 aliphatic heterocycles. The first-order valence-corrected chi connectivity index (χ1v) is 8.19. The summed E-state index contributed by atoms with van der Waals surface area (Å²) >= 11 is 0. The van der Waals surface area contributed by atoms with E-state index in [0.29, 0.717) is 24.4 Å². The van der Waals surface area contributed by atoms with Crippen LogP contribution in [0.1, 0.15) is 34.5 Å². The van der Waals surface area contributed by atoms with E-state index in [-0.39, 0.29) is 5.56 Å². The number of benzene rings is 1. The number of carboxylic acid groups (broad SMARTS) is 1. The monoisotopic (exact) mass is 312 g/mol. The Morgan fingerprint density at radius 2 is 1.87 bits per heavy atom. The molecule has 2 N–H and O–H groups in total. The molecular weight excluding hydrogens is 292 g/mol. The number of aromatic nitrogens is 2. The van der Waals surface area contributed by atoms with Crippen LogP contribution in [-0.2, 0) is 12.8 Å². The molecule has 1 fully saturated rings. The van der Waals surface area contributed by atoms with Crippen molar-refractivity contribution in [2.75, 3.05) is 6.61 Å². The van der Waals surface area contributed by atoms with Gasteiger partial charge in [0.25, 0.3) is 0 Å². The Labute approximate surface area is 134 Å². The largest absolute Gasteiger partial charge is 0.478 e. The molecule has 23 heavy (non-hydrogen) atoms. The van der Waals surface area contributed by atoms with Gasteiger partial charge < -0.3 is 10.2 Å². The van der Waals surface area contributed by atoms with Crippen LogP contribution in [0.25, 0.3) is 5.69 Å². The number of aromatic carboxylic acids is 1. The van der Waals surface area contributed by atoms with Crippen molar-refractivity contribution in [2.45, 2.75) is 25.7 Å². The normalized spacial score (nSPS) is 25.9. The van der Waals surface area contributed by atoms with Gasteiger partial charge in [-0.15, -0.1) is 0 Å². The highest BCUT2D eigenvalue weighted by Gasteiger charge is 2.48. The number of aliphatic hydroxyl groups is 1. The fourth-order valence-electron chi connectivity index (χ4n) is 4.03. The molecule has 4 rings (SSSR count). The summed E-state index contributed by atoms with van der Waals surface area (Å²) in [5.74, 6) is 0.955. The summed E-state index contributed by atoms with van der Waals surface area (Å²) in [5.41, 5.74) is 3.61. The first kappa shape index (κ1) is 14.5. The lowest BCUT2D eigenvalue weighted by molar-refractivity contribution is 0.0697. The molecular formula is C18H20N2O3. The van der Waals surface area contributed by atoms with Gasteiger partial charge in [-0.2, -0.15) is 5.10 Å². The van der Waals surface area contributed by atoms with E-state index in [2.05, 4.69) is 6.20 Å². The Hall–Kier alpha value is -2.14. The summed E-state index contributed by atoms with van der Waals surface area (Å²) in [6, 6.07) is 6.81. The summed E-state index contributed by atoms with van der Waals surface area (Å²) < 4.78 is 1.86. The van der Waals surface area contributed by atoms with Crippen LogP contribution in [0.5, 0.6) is 0 Å². The van der Waals surface area contributed by atoms with E-state index in [0.717, 1.165) is 37.1 Å². The van der Waals surface area contributed by atoms with Crippen LogP contribution in [0.4, 0.5) is 0 Å². The zero-order chi connectivity index (χ0) is 16.0. The van der Waals surface area contributed by atoms with Crippen LogP contribution < -0.4 is 0 Å². The lowest BCUT2D eigenvalue weighted by atomic mass is 9.99. The molecule has 120 valence electrons. The minimum absolute atomic E-state index is 0.286. The second kappa shape index (κ2) is 5.49. The third-order valence-electron chi connectivity index (χ3n) is 5.44. The zero-order valence-electron chi connectivity index (χ0n) is 12.9. The Morgan fingerprint density at radius 1 is 1.17 bits per heavy atom. The van der Waals surface area contributed by atoms with Crippen molar-refractivity contribution in [3.63, 3.8) is 0 Å². The molecule has 0 bridgehead atoms. The van der Waals surface area contributed by atoms with E-state index < -0.39 is 5.97 Å². The number of fused-ring (bicyclic) bond motifs is 2. The topological polar surface area (TPSA) is 75.3 Å². The molecule has 0 saturated heterocycles. The maximum Gasteiger partial charge on any atom is 0.335 e. The average molecular weight is 312 g/mol. The second-order valence-corrected chi connectivity index (χ2v) is 6.65. The average Bonchev–Trinajstić information content (AvgIpc) is 3.06. The van der Waals surface area contributed by atoms with Gasteiger partial charge in [0.1, 0.15) is 0 Å². The summed E-state index contributed by atoms with van der Waals surface area (Å²) in [6.45, 7) is 0.322. The fraction of sp³-hybridized carbons (Fsp3) is 0.444. The maximum absolute atomic E-state index is 10.9. The van der Waals surface area contributed by atoms with Gasteiger partial charge in [0.2, 0.25) is 0 Å². The van der Waals surface area contributed by atoms with Crippen LogP contribution in [0.15, 0.2) is 30.5 Å². The lowest BCUT2D eigenvalue weighted by Gasteiger charge is -2.06. The van der Waals surface area contributed by atoms with Gasteiger partial charge in [-0.1, -0.05) is 0 Å². The first-order chi connectivity index (χ1) is 11.2. The molecule has 3 atom stereocenters. The van der Waals surface area contributed by atoms with Crippen molar-refractivity contribution < 1.29 is 15.0 Å². The van der Waals surface area contributed by atoms with Gasteiger partial charge in [0.05, 0.1) is 16.9 Å². The Kier molecular flexibility index (Phi) is 3.45. The van der Waals surface area contributed by atoms with Gasteiger partial charge in [0, 0.05) is 12.8 Å². The molecule has 2 aromatic rings. The Bertz CT molecular complexity index is 704. The van der Waals surface area contributed by atoms with Gasteiger partial charge in [-0.3, -0.25) is 0 Å². The van der Waals surface area contributed by atoms with Crippen LogP contribution in [-0.4, -0.2) is 32.6 Å². The molecule has 1 aromatic carbocycles. The molecule has 0 amide bonds. The zero-order valence-corrected chi connectivity index (χ0v) is 12.9. The van der Waals surface area contributed by atoms with Gasteiger partial charge in [0.15, 0.2) is 0 Å². The highest BCUT2D eigenvalue weighted by molar-refractivity contribution is 5.87. The third-order valence-corrected chi connectivity index (χ3v) is 5.44. The second-order valence-electron chi connectivity index (χ2n) is 6.65. The first-order valence-electron chi connectivity index (χ1n) is 8.19. The summed E-state index contributed by atoms with van der Waals surface area (Å²) in [7, 11) is 0. The van der Waals surface area contributed by atoms with Crippen molar-refractivity contribution in [3.05, 3.63) is 47.3 Å². The molecule has 1 aromatic heterocycles. The predicted molar refractivity (Wildman–Crippen MR) is 84.7 cm³/mol. The highest BCUT2D eigenvalue weighted by Crippen LogP contribution is 2.52. The van der Waals surface area contributed by atoms with Crippen LogP contribution in [0, 0.1) is 17.8 Å². The van der Waals surface area contributed by atoms with Gasteiger partial charge >= 0.3 is 5.97 Å². The number of aryl methyl sites for hydroxylation is 2. The number of nitrogens with zero attached hydrogens (tertiary/aromatic N) is 2. The third kappa shape index (κ3) is 2.55. The molecule has 5 nitrogen and oxygen atoms in total. The number of carboxylic acids is 1. The van der Waals surface area contributed by atoms with Crippen LogP contribution in [0.3, 0.4) is 0 Å². The number of hydrogen-bond donors (Lipinski definition) is 2. The smallest absolute Gasteiger partial charge is 0.335 e. The number of rotatable bonds is 3. The lowest BCUT2D eigenvalue weighted by Crippen LogP contribution is -2.01. The van der Waals surface area contributed by atoms with Crippen molar-refractivity contribution >= 4 is 5.97 Å². The number of hydrogen-bond acceptors (Lipinski definition) is 3.